The van der Waals surface area contributed by atoms with E-state index < -0.39 is 17.7 Å². The fourth-order valence-corrected chi connectivity index (χ4v) is 3.63. The van der Waals surface area contributed by atoms with Crippen LogP contribution < -0.4 is 0 Å². The summed E-state index contributed by atoms with van der Waals surface area (Å²) in [5.74, 6) is -0.298. The van der Waals surface area contributed by atoms with E-state index in [0.717, 1.165) is 5.57 Å². The summed E-state index contributed by atoms with van der Waals surface area (Å²) in [6.45, 7) is 17.8. The Morgan fingerprint density at radius 1 is 1.30 bits per heavy atom. The van der Waals surface area contributed by atoms with E-state index >= 15 is 0 Å². The molecule has 0 aliphatic heterocycles. The van der Waals surface area contributed by atoms with Gasteiger partial charge in [-0.25, -0.2) is 14.6 Å². The number of hydrogen-bond donors (Lipinski definition) is 0. The Bertz CT molecular complexity index is 723. The molecule has 0 spiro atoms. The van der Waals surface area contributed by atoms with E-state index in [0.29, 0.717) is 18.0 Å². The lowest BCUT2D eigenvalue weighted by molar-refractivity contribution is 0.000634. The highest BCUT2D eigenvalue weighted by molar-refractivity contribution is 7.09. The second kappa shape index (κ2) is 11.5. The van der Waals surface area contributed by atoms with E-state index in [1.54, 1.807) is 24.3 Å². The minimum absolute atomic E-state index is 0.148. The van der Waals surface area contributed by atoms with Crippen molar-refractivity contribution in [3.05, 3.63) is 28.2 Å². The zero-order valence-electron chi connectivity index (χ0n) is 19.5. The third-order valence-corrected chi connectivity index (χ3v) is 5.15. The third-order valence-electron chi connectivity index (χ3n) is 4.22. The molecule has 0 saturated carbocycles. The van der Waals surface area contributed by atoms with Gasteiger partial charge in [-0.3, -0.25) is 0 Å². The van der Waals surface area contributed by atoms with Crippen molar-refractivity contribution < 1.29 is 23.8 Å². The molecule has 1 aromatic heterocycles. The van der Waals surface area contributed by atoms with Crippen LogP contribution in [0.4, 0.5) is 4.79 Å². The van der Waals surface area contributed by atoms with Crippen molar-refractivity contribution in [3.63, 3.8) is 0 Å². The molecule has 0 unspecified atom stereocenters. The molecule has 1 amide bonds. The molecule has 7 nitrogen and oxygen atoms in total. The molecule has 0 saturated heterocycles. The van der Waals surface area contributed by atoms with Gasteiger partial charge in [0.1, 0.15) is 16.7 Å². The van der Waals surface area contributed by atoms with Gasteiger partial charge in [0.25, 0.3) is 0 Å². The number of thiazole rings is 1. The molecule has 0 radical (unpaired) electrons. The zero-order valence-corrected chi connectivity index (χ0v) is 20.3. The highest BCUT2D eigenvalue weighted by Crippen LogP contribution is 2.31. The average Bonchev–Trinajstić information content (AvgIpc) is 3.09. The van der Waals surface area contributed by atoms with Crippen LogP contribution in [0.5, 0.6) is 0 Å². The molecule has 0 bridgehead atoms. The second-order valence-electron chi connectivity index (χ2n) is 8.69. The first-order chi connectivity index (χ1) is 13.9. The van der Waals surface area contributed by atoms with Crippen LogP contribution in [0.15, 0.2) is 17.5 Å². The highest BCUT2D eigenvalue weighted by atomic mass is 32.1. The van der Waals surface area contributed by atoms with Crippen molar-refractivity contribution in [2.45, 2.75) is 72.6 Å². The summed E-state index contributed by atoms with van der Waals surface area (Å²) in [6.07, 6.45) is -0.269. The van der Waals surface area contributed by atoms with E-state index in [2.05, 4.69) is 11.6 Å². The van der Waals surface area contributed by atoms with Crippen LogP contribution in [0.2, 0.25) is 0 Å². The van der Waals surface area contributed by atoms with Crippen LogP contribution in [0.25, 0.3) is 0 Å². The van der Waals surface area contributed by atoms with Crippen LogP contribution >= 0.6 is 11.3 Å². The summed E-state index contributed by atoms with van der Waals surface area (Å²) in [5.41, 5.74) is 0.568. The molecule has 1 rings (SSSR count). The largest absolute Gasteiger partial charge is 0.461 e. The van der Waals surface area contributed by atoms with Gasteiger partial charge in [-0.1, -0.05) is 26.0 Å². The molecule has 1 aromatic rings. The molecule has 0 aliphatic rings. The predicted molar refractivity (Wildman–Crippen MR) is 119 cm³/mol. The smallest absolute Gasteiger partial charge is 0.410 e. The van der Waals surface area contributed by atoms with Crippen LogP contribution in [0.3, 0.4) is 0 Å². The standard InChI is InChI=1S/C22H36N2O5S/c1-10-27-20(25)16-13-30-19(23-16)18(28-12-14(2)3)11-17(15(4)5)24(9)21(26)29-22(6,7)8/h13,15,17-18H,2,10-12H2,1,3-9H3/t17-,18-/m1/s1. The van der Waals surface area contributed by atoms with Gasteiger partial charge in [0.2, 0.25) is 0 Å². The Labute approximate surface area is 184 Å². The Morgan fingerprint density at radius 3 is 2.43 bits per heavy atom. The molecule has 30 heavy (non-hydrogen) atoms. The number of ether oxygens (including phenoxy) is 3. The maximum absolute atomic E-state index is 12.6. The van der Waals surface area contributed by atoms with E-state index in [4.69, 9.17) is 14.2 Å². The lowest BCUT2D eigenvalue weighted by Crippen LogP contribution is -2.44. The van der Waals surface area contributed by atoms with Crippen molar-refractivity contribution in [1.29, 1.82) is 0 Å². The fraction of sp³-hybridized carbons (Fsp3) is 0.682. The number of esters is 1. The van der Waals surface area contributed by atoms with Crippen LogP contribution in [-0.2, 0) is 14.2 Å². The summed E-state index contributed by atoms with van der Waals surface area (Å²) in [6, 6.07) is -0.148. The van der Waals surface area contributed by atoms with E-state index in [9.17, 15) is 9.59 Å². The summed E-state index contributed by atoms with van der Waals surface area (Å²) in [4.78, 5) is 30.7. The number of nitrogens with zero attached hydrogens (tertiary/aromatic N) is 2. The number of hydrogen-bond acceptors (Lipinski definition) is 7. The van der Waals surface area contributed by atoms with Crippen molar-refractivity contribution in [2.75, 3.05) is 20.3 Å². The van der Waals surface area contributed by atoms with E-state index in [1.807, 2.05) is 41.5 Å². The highest BCUT2D eigenvalue weighted by Gasteiger charge is 2.31. The minimum atomic E-state index is -0.577. The molecule has 170 valence electrons. The summed E-state index contributed by atoms with van der Waals surface area (Å²) in [5, 5.41) is 2.34. The van der Waals surface area contributed by atoms with Crippen molar-refractivity contribution in [2.24, 2.45) is 5.92 Å². The Balaban J connectivity index is 3.09. The van der Waals surface area contributed by atoms with Gasteiger partial charge in [-0.2, -0.15) is 0 Å². The SMILES string of the molecule is C=C(C)CO[C@H](C[C@H](C(C)C)N(C)C(=O)OC(C)(C)C)c1nc(C(=O)OCC)cs1. The molecule has 1 heterocycles. The maximum atomic E-state index is 12.6. The summed E-state index contributed by atoms with van der Waals surface area (Å²) in [7, 11) is 1.74. The average molecular weight is 441 g/mol. The van der Waals surface area contributed by atoms with Crippen LogP contribution in [0, 0.1) is 5.92 Å². The van der Waals surface area contributed by atoms with Crippen molar-refractivity contribution in [1.82, 2.24) is 9.88 Å². The number of carbonyl (C=O) groups is 2. The van der Waals surface area contributed by atoms with Gasteiger partial charge in [0, 0.05) is 24.9 Å². The molecule has 0 fully saturated rings. The first-order valence-electron chi connectivity index (χ1n) is 10.2. The number of rotatable bonds is 10. The quantitative estimate of drug-likeness (QED) is 0.366. The zero-order chi connectivity index (χ0) is 23.1. The monoisotopic (exact) mass is 440 g/mol. The van der Waals surface area contributed by atoms with E-state index in [-0.39, 0.29) is 30.4 Å². The fourth-order valence-electron chi connectivity index (χ4n) is 2.78. The molecule has 2 atom stereocenters. The maximum Gasteiger partial charge on any atom is 0.410 e. The summed E-state index contributed by atoms with van der Waals surface area (Å²) < 4.78 is 16.6. The molecular weight excluding hydrogens is 404 g/mol. The first-order valence-corrected chi connectivity index (χ1v) is 11.1. The van der Waals surface area contributed by atoms with Gasteiger partial charge >= 0.3 is 12.1 Å². The van der Waals surface area contributed by atoms with Gasteiger partial charge < -0.3 is 19.1 Å². The molecule has 0 aliphatic carbocycles. The first kappa shape index (κ1) is 26.1. The normalized spacial score (nSPS) is 13.6. The Morgan fingerprint density at radius 2 is 1.93 bits per heavy atom. The van der Waals surface area contributed by atoms with Crippen LogP contribution in [-0.4, -0.2) is 53.9 Å². The summed E-state index contributed by atoms with van der Waals surface area (Å²) >= 11 is 1.35. The predicted octanol–water partition coefficient (Wildman–Crippen LogP) is 5.24. The third kappa shape index (κ3) is 8.44. The Hall–Kier alpha value is -1.93. The van der Waals surface area contributed by atoms with Crippen molar-refractivity contribution in [3.8, 4) is 0 Å². The second-order valence-corrected chi connectivity index (χ2v) is 9.58. The molecule has 0 aromatic carbocycles. The molecular formula is C22H36N2O5S. The molecule has 0 N–H and O–H groups in total. The number of aromatic nitrogens is 1. The topological polar surface area (TPSA) is 78.0 Å². The van der Waals surface area contributed by atoms with Gasteiger partial charge in [-0.05, 0) is 40.5 Å². The number of carbonyl (C=O) groups excluding carboxylic acids is 2. The molecule has 8 heteroatoms. The van der Waals surface area contributed by atoms with Gasteiger partial charge in [-0.15, -0.1) is 11.3 Å². The van der Waals surface area contributed by atoms with Crippen molar-refractivity contribution >= 4 is 23.4 Å². The van der Waals surface area contributed by atoms with Gasteiger partial charge in [0.15, 0.2) is 5.69 Å². The number of amides is 1. The van der Waals surface area contributed by atoms with E-state index in [1.165, 1.54) is 11.3 Å². The minimum Gasteiger partial charge on any atom is -0.461 e. The Kier molecular flexibility index (Phi) is 9.97. The van der Waals surface area contributed by atoms with Crippen LogP contribution in [0.1, 0.15) is 76.5 Å². The lowest BCUT2D eigenvalue weighted by atomic mass is 9.96. The lowest BCUT2D eigenvalue weighted by Gasteiger charge is -2.34. The van der Waals surface area contributed by atoms with Gasteiger partial charge in [0.05, 0.1) is 13.2 Å².